The van der Waals surface area contributed by atoms with Gasteiger partial charge in [0.05, 0.1) is 22.7 Å². The van der Waals surface area contributed by atoms with Gasteiger partial charge in [-0.3, -0.25) is 0 Å². The van der Waals surface area contributed by atoms with Crippen molar-refractivity contribution in [3.05, 3.63) is 70.8 Å². The smallest absolute Gasteiger partial charge is 0.360 e. The minimum absolute atomic E-state index is 0.0613. The van der Waals surface area contributed by atoms with E-state index in [4.69, 9.17) is 5.11 Å². The van der Waals surface area contributed by atoms with Crippen molar-refractivity contribution in [2.75, 3.05) is 6.61 Å². The fraction of sp³-hybridized carbons (Fsp3) is 0.111. The van der Waals surface area contributed by atoms with Gasteiger partial charge < -0.3 is 34.7 Å². The summed E-state index contributed by atoms with van der Waals surface area (Å²) >= 11 is 0. The molecular formula is C18H13O10-. The molecule has 0 atom stereocenters. The molecule has 0 fully saturated rings. The summed E-state index contributed by atoms with van der Waals surface area (Å²) in [7, 11) is 0. The Labute approximate surface area is 157 Å². The molecule has 0 spiro atoms. The molecule has 0 aliphatic rings. The molecule has 0 amide bonds. The van der Waals surface area contributed by atoms with Gasteiger partial charge in [-0.25, -0.2) is 14.4 Å². The molecule has 10 heteroatoms. The van der Waals surface area contributed by atoms with Gasteiger partial charge in [-0.15, -0.1) is 0 Å². The van der Waals surface area contributed by atoms with Gasteiger partial charge in [-0.1, -0.05) is 12.1 Å². The minimum Gasteiger partial charge on any atom is -0.545 e. The summed E-state index contributed by atoms with van der Waals surface area (Å²) in [6, 6.07) is 8.88. The van der Waals surface area contributed by atoms with Crippen molar-refractivity contribution in [2.24, 2.45) is 0 Å². The molecule has 0 aromatic heterocycles. The van der Waals surface area contributed by atoms with Crippen LogP contribution in [0.5, 0.6) is 0 Å². The van der Waals surface area contributed by atoms with Gasteiger partial charge in [0, 0.05) is 0 Å². The zero-order valence-electron chi connectivity index (χ0n) is 14.0. The SMILES string of the molecule is O=C([O-])c1ccc(C(=O)OC(O)(O)COC(=O)c2ccc(C(=O)O)cc2)cc1. The highest BCUT2D eigenvalue weighted by molar-refractivity contribution is 5.93. The Morgan fingerprint density at radius 3 is 1.68 bits per heavy atom. The number of esters is 2. The number of ether oxygens (including phenoxy) is 2. The Bertz CT molecular complexity index is 897. The van der Waals surface area contributed by atoms with E-state index in [0.717, 1.165) is 48.5 Å². The first-order chi connectivity index (χ1) is 13.1. The van der Waals surface area contributed by atoms with E-state index in [9.17, 15) is 34.5 Å². The number of carboxylic acid groups (broad SMARTS) is 2. The lowest BCUT2D eigenvalue weighted by molar-refractivity contribution is -0.321. The summed E-state index contributed by atoms with van der Waals surface area (Å²) in [4.78, 5) is 45.1. The summed E-state index contributed by atoms with van der Waals surface area (Å²) in [6.07, 6.45) is 0. The highest BCUT2D eigenvalue weighted by atomic mass is 16.8. The van der Waals surface area contributed by atoms with Crippen LogP contribution in [0.4, 0.5) is 0 Å². The van der Waals surface area contributed by atoms with E-state index in [1.54, 1.807) is 0 Å². The van der Waals surface area contributed by atoms with Crippen molar-refractivity contribution in [2.45, 2.75) is 5.97 Å². The molecular weight excluding hydrogens is 376 g/mol. The van der Waals surface area contributed by atoms with Gasteiger partial charge in [-0.2, -0.15) is 0 Å². The van der Waals surface area contributed by atoms with Crippen LogP contribution < -0.4 is 5.11 Å². The first kappa shape index (κ1) is 20.6. The number of carbonyl (C=O) groups excluding carboxylic acids is 3. The first-order valence-electron chi connectivity index (χ1n) is 7.59. The van der Waals surface area contributed by atoms with Crippen LogP contribution in [0, 0.1) is 0 Å². The molecule has 3 N–H and O–H groups in total. The lowest BCUT2D eigenvalue weighted by Gasteiger charge is -2.21. The van der Waals surface area contributed by atoms with Crippen LogP contribution in [0.3, 0.4) is 0 Å². The minimum atomic E-state index is -3.15. The number of benzene rings is 2. The van der Waals surface area contributed by atoms with Crippen molar-refractivity contribution in [3.63, 3.8) is 0 Å². The van der Waals surface area contributed by atoms with Gasteiger partial charge >= 0.3 is 23.9 Å². The number of aliphatic hydroxyl groups is 2. The van der Waals surface area contributed by atoms with E-state index in [1.165, 1.54) is 0 Å². The van der Waals surface area contributed by atoms with Crippen LogP contribution in [-0.2, 0) is 9.47 Å². The summed E-state index contributed by atoms with van der Waals surface area (Å²) in [6.45, 7) is -1.13. The number of rotatable bonds is 7. The summed E-state index contributed by atoms with van der Waals surface area (Å²) < 4.78 is 9.05. The average Bonchev–Trinajstić information content (AvgIpc) is 2.66. The van der Waals surface area contributed by atoms with E-state index < -0.39 is 36.5 Å². The van der Waals surface area contributed by atoms with Crippen molar-refractivity contribution < 1.29 is 49.1 Å². The fourth-order valence-electron chi connectivity index (χ4n) is 1.97. The van der Waals surface area contributed by atoms with Crippen molar-refractivity contribution in [1.29, 1.82) is 0 Å². The number of carboxylic acids is 2. The molecule has 2 rings (SSSR count). The van der Waals surface area contributed by atoms with E-state index in [-0.39, 0.29) is 22.3 Å². The maximum absolute atomic E-state index is 11.9. The van der Waals surface area contributed by atoms with Gasteiger partial charge in [0.15, 0.2) is 6.61 Å². The van der Waals surface area contributed by atoms with E-state index in [1.807, 2.05) is 0 Å². The normalized spacial score (nSPS) is 10.8. The molecule has 28 heavy (non-hydrogen) atoms. The van der Waals surface area contributed by atoms with Crippen molar-refractivity contribution >= 4 is 23.9 Å². The maximum Gasteiger partial charge on any atom is 0.360 e. The zero-order chi connectivity index (χ0) is 20.9. The second kappa shape index (κ2) is 8.29. The van der Waals surface area contributed by atoms with Gasteiger partial charge in [-0.05, 0) is 42.0 Å². The summed E-state index contributed by atoms with van der Waals surface area (Å²) in [5.41, 5.74) is -0.509. The summed E-state index contributed by atoms with van der Waals surface area (Å²) in [5.74, 6) is -8.03. The highest BCUT2D eigenvalue weighted by Gasteiger charge is 2.31. The Hall–Kier alpha value is -3.76. The number of hydrogen-bond acceptors (Lipinski definition) is 9. The molecule has 146 valence electrons. The van der Waals surface area contributed by atoms with E-state index in [2.05, 4.69) is 9.47 Å². The molecule has 0 bridgehead atoms. The van der Waals surface area contributed by atoms with Gasteiger partial charge in [0.1, 0.15) is 0 Å². The van der Waals surface area contributed by atoms with E-state index >= 15 is 0 Å². The third-order valence-corrected chi connectivity index (χ3v) is 3.37. The predicted octanol–water partition coefficient (Wildman–Crippen LogP) is -0.600. The Morgan fingerprint density at radius 1 is 0.786 bits per heavy atom. The van der Waals surface area contributed by atoms with Crippen LogP contribution in [-0.4, -0.2) is 51.8 Å². The predicted molar refractivity (Wildman–Crippen MR) is 87.0 cm³/mol. The molecule has 2 aromatic carbocycles. The largest absolute Gasteiger partial charge is 0.545 e. The fourth-order valence-corrected chi connectivity index (χ4v) is 1.97. The third-order valence-electron chi connectivity index (χ3n) is 3.37. The van der Waals surface area contributed by atoms with Crippen LogP contribution in [0.15, 0.2) is 48.5 Å². The van der Waals surface area contributed by atoms with E-state index in [0.29, 0.717) is 0 Å². The second-order valence-electron chi connectivity index (χ2n) is 5.46. The number of carbonyl (C=O) groups is 4. The number of hydrogen-bond donors (Lipinski definition) is 3. The molecule has 0 heterocycles. The number of aromatic carboxylic acids is 2. The Morgan fingerprint density at radius 2 is 1.21 bits per heavy atom. The summed E-state index contributed by atoms with van der Waals surface area (Å²) in [5, 5.41) is 38.7. The molecule has 0 radical (unpaired) electrons. The third kappa shape index (κ3) is 5.37. The van der Waals surface area contributed by atoms with Crippen LogP contribution in [0.2, 0.25) is 0 Å². The van der Waals surface area contributed by atoms with Crippen LogP contribution in [0.25, 0.3) is 0 Å². The van der Waals surface area contributed by atoms with Gasteiger partial charge in [0.25, 0.3) is 0 Å². The first-order valence-corrected chi connectivity index (χ1v) is 7.59. The molecule has 0 saturated carbocycles. The monoisotopic (exact) mass is 389 g/mol. The lowest BCUT2D eigenvalue weighted by Crippen LogP contribution is -2.40. The molecule has 10 nitrogen and oxygen atoms in total. The molecule has 0 aliphatic carbocycles. The Kier molecular flexibility index (Phi) is 6.08. The highest BCUT2D eigenvalue weighted by Crippen LogP contribution is 2.13. The van der Waals surface area contributed by atoms with Gasteiger partial charge in [0.2, 0.25) is 0 Å². The zero-order valence-corrected chi connectivity index (χ0v) is 14.0. The molecule has 2 aromatic rings. The topological polar surface area (TPSA) is 170 Å². The van der Waals surface area contributed by atoms with Crippen LogP contribution in [0.1, 0.15) is 41.4 Å². The maximum atomic E-state index is 11.9. The molecule has 0 aliphatic heterocycles. The molecule has 0 unspecified atom stereocenters. The molecule has 0 saturated heterocycles. The average molecular weight is 389 g/mol. The standard InChI is InChI=1S/C18H14O10/c19-14(20)10-1-5-12(6-2-10)16(23)27-9-18(25,26)28-17(24)13-7-3-11(4-8-13)15(21)22/h1-8,25-26H,9H2,(H,19,20)(H,21,22)/p-1. The van der Waals surface area contributed by atoms with Crippen molar-refractivity contribution in [1.82, 2.24) is 0 Å². The lowest BCUT2D eigenvalue weighted by atomic mass is 10.1. The van der Waals surface area contributed by atoms with Crippen molar-refractivity contribution in [3.8, 4) is 0 Å². The second-order valence-corrected chi connectivity index (χ2v) is 5.46. The Balaban J connectivity index is 1.95. The quantitative estimate of drug-likeness (QED) is 0.410. The van der Waals surface area contributed by atoms with Crippen LogP contribution >= 0.6 is 0 Å².